The van der Waals surface area contributed by atoms with Gasteiger partial charge in [-0.15, -0.1) is 0 Å². The normalized spacial score (nSPS) is 12.7. The first-order valence-corrected chi connectivity index (χ1v) is 12.4. The maximum Gasteiger partial charge on any atom is 0.160 e. The minimum Gasteiger partial charge on any atom is -0.299 e. The fourth-order valence-electron chi connectivity index (χ4n) is 5.07. The summed E-state index contributed by atoms with van der Waals surface area (Å²) < 4.78 is 0. The number of nitrogens with one attached hydrogen (secondary N) is 2. The third-order valence-corrected chi connectivity index (χ3v) is 6.92. The van der Waals surface area contributed by atoms with Crippen molar-refractivity contribution in [1.29, 1.82) is 10.8 Å². The number of hydrogen-bond donors (Lipinski definition) is 2. The molecule has 2 N–H and O–H groups in total. The highest BCUT2D eigenvalue weighted by Crippen LogP contribution is 2.36. The molecular weight excluding hydrogens is 466 g/mol. The number of nitrogens with zero attached hydrogens (tertiary/aromatic N) is 3. The van der Waals surface area contributed by atoms with Crippen LogP contribution >= 0.6 is 0 Å². The van der Waals surface area contributed by atoms with Crippen molar-refractivity contribution < 1.29 is 0 Å². The Hall–Kier alpha value is -5.29. The first-order valence-electron chi connectivity index (χ1n) is 12.4. The molecule has 1 aliphatic carbocycles. The third-order valence-electron chi connectivity index (χ3n) is 6.92. The highest BCUT2D eigenvalue weighted by Gasteiger charge is 2.23. The van der Waals surface area contributed by atoms with Crippen LogP contribution in [-0.2, 0) is 0 Å². The lowest BCUT2D eigenvalue weighted by Gasteiger charge is -2.19. The molecule has 5 heteroatoms. The zero-order valence-corrected chi connectivity index (χ0v) is 20.3. The fourth-order valence-corrected chi connectivity index (χ4v) is 5.07. The Morgan fingerprint density at radius 2 is 1.18 bits per heavy atom. The van der Waals surface area contributed by atoms with E-state index in [1.807, 2.05) is 91.0 Å². The fraction of sp³-hybridized carbons (Fsp3) is 0. The molecule has 2 heterocycles. The molecule has 2 aromatic heterocycles. The molecule has 1 aliphatic rings. The molecule has 0 saturated heterocycles. The molecule has 5 nitrogen and oxygen atoms in total. The summed E-state index contributed by atoms with van der Waals surface area (Å²) in [6.45, 7) is 0. The second kappa shape index (κ2) is 8.68. The van der Waals surface area contributed by atoms with E-state index in [4.69, 9.17) is 25.8 Å². The molecule has 0 fully saturated rings. The largest absolute Gasteiger partial charge is 0.299 e. The van der Waals surface area contributed by atoms with Crippen LogP contribution in [0.5, 0.6) is 0 Å². The predicted octanol–water partition coefficient (Wildman–Crippen LogP) is 7.59. The maximum absolute atomic E-state index is 8.72. The van der Waals surface area contributed by atoms with Crippen molar-refractivity contribution in [3.63, 3.8) is 0 Å². The summed E-state index contributed by atoms with van der Waals surface area (Å²) in [6.07, 6.45) is 3.57. The Bertz CT molecular complexity index is 1940. The summed E-state index contributed by atoms with van der Waals surface area (Å²) in [5.41, 5.74) is 8.14. The lowest BCUT2D eigenvalue weighted by Crippen LogP contribution is -2.17. The number of aromatic nitrogens is 3. The zero-order chi connectivity index (χ0) is 25.6. The lowest BCUT2D eigenvalue weighted by molar-refractivity contribution is 1.23. The summed E-state index contributed by atoms with van der Waals surface area (Å²) in [4.78, 5) is 15.0. The van der Waals surface area contributed by atoms with Gasteiger partial charge in [0.15, 0.2) is 5.82 Å². The molecule has 178 valence electrons. The number of hydrogen-bond acceptors (Lipinski definition) is 5. The number of para-hydroxylation sites is 1. The van der Waals surface area contributed by atoms with Crippen molar-refractivity contribution in [1.82, 2.24) is 15.0 Å². The number of fused-ring (bicyclic) bond motifs is 4. The molecule has 0 radical (unpaired) electrons. The van der Waals surface area contributed by atoms with Crippen LogP contribution in [0.15, 0.2) is 109 Å². The molecule has 0 unspecified atom stereocenters. The van der Waals surface area contributed by atoms with Gasteiger partial charge in [-0.3, -0.25) is 10.8 Å². The van der Waals surface area contributed by atoms with Crippen LogP contribution in [-0.4, -0.2) is 26.4 Å². The lowest BCUT2D eigenvalue weighted by atomic mass is 9.88. The minimum absolute atomic E-state index is 0.193. The van der Waals surface area contributed by atoms with E-state index in [1.54, 1.807) is 6.08 Å². The van der Waals surface area contributed by atoms with Gasteiger partial charge < -0.3 is 0 Å². The van der Waals surface area contributed by atoms with Gasteiger partial charge in [0.1, 0.15) is 0 Å². The van der Waals surface area contributed by atoms with Gasteiger partial charge in [0.05, 0.1) is 33.8 Å². The SMILES string of the molecule is N=C1C=Cc2c(-c3ccccc3)nc3cc(-c4nc(-c5ccccc5)c5ccccc5n4)ccc3c2C1=N. The van der Waals surface area contributed by atoms with Gasteiger partial charge in [0.25, 0.3) is 0 Å². The van der Waals surface area contributed by atoms with Crippen molar-refractivity contribution in [2.24, 2.45) is 0 Å². The molecule has 0 saturated carbocycles. The standard InChI is InChI=1S/C33H21N5/c34-26-18-17-25-29(30(26)35)23-16-15-22(19-28(23)36-32(25)21-11-5-2-6-12-21)33-37-27-14-8-7-13-24(27)31(38-33)20-9-3-1-4-10-20/h1-19,34-35H. The molecule has 7 rings (SSSR count). The molecule has 6 aromatic rings. The van der Waals surface area contributed by atoms with E-state index in [9.17, 15) is 0 Å². The summed E-state index contributed by atoms with van der Waals surface area (Å²) in [5, 5.41) is 18.8. The van der Waals surface area contributed by atoms with E-state index in [2.05, 4.69) is 18.2 Å². The van der Waals surface area contributed by atoms with Crippen LogP contribution in [0.1, 0.15) is 11.1 Å². The highest BCUT2D eigenvalue weighted by molar-refractivity contribution is 6.54. The van der Waals surface area contributed by atoms with Gasteiger partial charge in [-0.2, -0.15) is 0 Å². The molecule has 0 aliphatic heterocycles. The monoisotopic (exact) mass is 487 g/mol. The van der Waals surface area contributed by atoms with Crippen LogP contribution in [0.3, 0.4) is 0 Å². The number of allylic oxidation sites excluding steroid dienone is 1. The van der Waals surface area contributed by atoms with E-state index >= 15 is 0 Å². The first-order chi connectivity index (χ1) is 18.7. The van der Waals surface area contributed by atoms with E-state index < -0.39 is 0 Å². The van der Waals surface area contributed by atoms with Crippen LogP contribution in [0.4, 0.5) is 0 Å². The van der Waals surface area contributed by atoms with E-state index in [0.29, 0.717) is 5.82 Å². The molecule has 0 spiro atoms. The summed E-state index contributed by atoms with van der Waals surface area (Å²) in [6, 6.07) is 34.2. The predicted molar refractivity (Wildman–Crippen MR) is 155 cm³/mol. The summed E-state index contributed by atoms with van der Waals surface area (Å²) >= 11 is 0. The Kier molecular flexibility index (Phi) is 5.01. The molecule has 0 amide bonds. The highest BCUT2D eigenvalue weighted by atomic mass is 14.9. The van der Waals surface area contributed by atoms with Crippen LogP contribution < -0.4 is 0 Å². The second-order valence-corrected chi connectivity index (χ2v) is 9.25. The van der Waals surface area contributed by atoms with E-state index in [-0.39, 0.29) is 11.4 Å². The minimum atomic E-state index is 0.193. The molecule has 0 atom stereocenters. The maximum atomic E-state index is 8.72. The van der Waals surface area contributed by atoms with Gasteiger partial charge >= 0.3 is 0 Å². The second-order valence-electron chi connectivity index (χ2n) is 9.25. The van der Waals surface area contributed by atoms with Gasteiger partial charge in [0.2, 0.25) is 0 Å². The quantitative estimate of drug-likeness (QED) is 0.270. The average Bonchev–Trinajstić information content (AvgIpc) is 2.98. The van der Waals surface area contributed by atoms with Crippen LogP contribution in [0.25, 0.3) is 61.8 Å². The molecule has 38 heavy (non-hydrogen) atoms. The van der Waals surface area contributed by atoms with Crippen molar-refractivity contribution in [3.05, 3.63) is 120 Å². The Balaban J connectivity index is 1.49. The number of rotatable bonds is 3. The van der Waals surface area contributed by atoms with E-state index in [0.717, 1.165) is 61.0 Å². The number of pyridine rings is 1. The third kappa shape index (κ3) is 3.52. The van der Waals surface area contributed by atoms with E-state index in [1.165, 1.54) is 0 Å². The Labute approximate surface area is 219 Å². The summed E-state index contributed by atoms with van der Waals surface area (Å²) in [5.74, 6) is 0.618. The topological polar surface area (TPSA) is 86.4 Å². The zero-order valence-electron chi connectivity index (χ0n) is 20.3. The van der Waals surface area contributed by atoms with Crippen molar-refractivity contribution in [2.75, 3.05) is 0 Å². The molecule has 0 bridgehead atoms. The average molecular weight is 488 g/mol. The van der Waals surface area contributed by atoms with Crippen molar-refractivity contribution >= 4 is 39.3 Å². The molecule has 4 aromatic carbocycles. The molecular formula is C33H21N5. The van der Waals surface area contributed by atoms with Crippen molar-refractivity contribution in [3.8, 4) is 33.9 Å². The first kappa shape index (κ1) is 21.9. The van der Waals surface area contributed by atoms with Crippen LogP contribution in [0.2, 0.25) is 0 Å². The Morgan fingerprint density at radius 1 is 0.500 bits per heavy atom. The van der Waals surface area contributed by atoms with Gasteiger partial charge in [0, 0.05) is 38.6 Å². The van der Waals surface area contributed by atoms with Gasteiger partial charge in [-0.25, -0.2) is 15.0 Å². The number of benzene rings is 4. The Morgan fingerprint density at radius 3 is 1.95 bits per heavy atom. The van der Waals surface area contributed by atoms with Crippen molar-refractivity contribution in [2.45, 2.75) is 0 Å². The van der Waals surface area contributed by atoms with Gasteiger partial charge in [-0.1, -0.05) is 91.0 Å². The smallest absolute Gasteiger partial charge is 0.160 e. The van der Waals surface area contributed by atoms with Gasteiger partial charge in [-0.05, 0) is 24.3 Å². The summed E-state index contributed by atoms with van der Waals surface area (Å²) in [7, 11) is 0. The van der Waals surface area contributed by atoms with Crippen LogP contribution in [0, 0.1) is 10.8 Å².